The standard InChI is InChI=1S/C14H15NO2/c16-14(17)7-3-4-9-15-10-8-12-5-1-2-6-13(12)11-15/h1-2,5-6H,7-11H2,(H,16,17). The molecule has 1 aromatic rings. The highest BCUT2D eigenvalue weighted by Crippen LogP contribution is 2.17. The fraction of sp³-hybridized carbons (Fsp3) is 0.357. The molecule has 0 amide bonds. The van der Waals surface area contributed by atoms with Crippen molar-refractivity contribution < 1.29 is 9.90 Å². The molecule has 0 atom stereocenters. The Balaban J connectivity index is 1.89. The van der Waals surface area contributed by atoms with Crippen LogP contribution in [0.15, 0.2) is 24.3 Å². The molecular formula is C14H15NO2. The van der Waals surface area contributed by atoms with Crippen LogP contribution in [0.5, 0.6) is 0 Å². The van der Waals surface area contributed by atoms with Crippen molar-refractivity contribution >= 4 is 5.97 Å². The van der Waals surface area contributed by atoms with Crippen LogP contribution in [-0.4, -0.2) is 29.1 Å². The summed E-state index contributed by atoms with van der Waals surface area (Å²) < 4.78 is 0. The van der Waals surface area contributed by atoms with Crippen LogP contribution in [-0.2, 0) is 17.8 Å². The van der Waals surface area contributed by atoms with E-state index < -0.39 is 5.97 Å². The number of aliphatic carboxylic acids is 1. The van der Waals surface area contributed by atoms with E-state index in [-0.39, 0.29) is 6.42 Å². The molecule has 0 spiro atoms. The van der Waals surface area contributed by atoms with E-state index in [2.05, 4.69) is 41.0 Å². The molecule has 0 unspecified atom stereocenters. The zero-order chi connectivity index (χ0) is 12.1. The van der Waals surface area contributed by atoms with Crippen LogP contribution in [0.1, 0.15) is 17.5 Å². The molecule has 1 aromatic carbocycles. The minimum atomic E-state index is -0.860. The van der Waals surface area contributed by atoms with E-state index in [1.54, 1.807) is 0 Å². The average Bonchev–Trinajstić information content (AvgIpc) is 2.34. The Morgan fingerprint density at radius 1 is 1.29 bits per heavy atom. The van der Waals surface area contributed by atoms with E-state index in [1.165, 1.54) is 11.1 Å². The summed E-state index contributed by atoms with van der Waals surface area (Å²) in [5, 5.41) is 8.46. The smallest absolute Gasteiger partial charge is 0.315 e. The van der Waals surface area contributed by atoms with Gasteiger partial charge >= 0.3 is 5.97 Å². The van der Waals surface area contributed by atoms with Gasteiger partial charge in [-0.2, -0.15) is 0 Å². The van der Waals surface area contributed by atoms with Gasteiger partial charge in [0, 0.05) is 13.1 Å². The maximum Gasteiger partial charge on any atom is 0.315 e. The number of carboxylic acids is 1. The van der Waals surface area contributed by atoms with E-state index >= 15 is 0 Å². The lowest BCUT2D eigenvalue weighted by Gasteiger charge is -2.26. The predicted molar refractivity (Wildman–Crippen MR) is 65.5 cm³/mol. The summed E-state index contributed by atoms with van der Waals surface area (Å²) in [5.74, 6) is 4.72. The normalized spacial score (nSPS) is 14.6. The number of benzene rings is 1. The first-order chi connectivity index (χ1) is 8.25. The lowest BCUT2D eigenvalue weighted by atomic mass is 10.0. The maximum absolute atomic E-state index is 10.3. The molecular weight excluding hydrogens is 214 g/mol. The zero-order valence-electron chi connectivity index (χ0n) is 9.65. The zero-order valence-corrected chi connectivity index (χ0v) is 9.65. The number of hydrogen-bond acceptors (Lipinski definition) is 2. The van der Waals surface area contributed by atoms with Crippen LogP contribution in [0.25, 0.3) is 0 Å². The van der Waals surface area contributed by atoms with E-state index in [9.17, 15) is 4.79 Å². The summed E-state index contributed by atoms with van der Waals surface area (Å²) in [5.41, 5.74) is 2.78. The van der Waals surface area contributed by atoms with Crippen molar-refractivity contribution in [2.45, 2.75) is 19.4 Å². The Hall–Kier alpha value is -1.79. The first-order valence-corrected chi connectivity index (χ1v) is 5.72. The van der Waals surface area contributed by atoms with Gasteiger partial charge in [0.15, 0.2) is 0 Å². The molecule has 88 valence electrons. The third-order valence-corrected chi connectivity index (χ3v) is 2.88. The highest BCUT2D eigenvalue weighted by Gasteiger charge is 2.13. The fourth-order valence-corrected chi connectivity index (χ4v) is 1.99. The van der Waals surface area contributed by atoms with Crippen LogP contribution in [0.3, 0.4) is 0 Å². The highest BCUT2D eigenvalue weighted by atomic mass is 16.4. The lowest BCUT2D eigenvalue weighted by Crippen LogP contribution is -2.30. The number of carbonyl (C=O) groups is 1. The predicted octanol–water partition coefficient (Wildman–Crippen LogP) is 1.52. The Morgan fingerprint density at radius 3 is 2.82 bits per heavy atom. The summed E-state index contributed by atoms with van der Waals surface area (Å²) in [6, 6.07) is 8.44. The molecule has 17 heavy (non-hydrogen) atoms. The third-order valence-electron chi connectivity index (χ3n) is 2.88. The van der Waals surface area contributed by atoms with Crippen molar-refractivity contribution in [2.24, 2.45) is 0 Å². The molecule has 2 rings (SSSR count). The van der Waals surface area contributed by atoms with E-state index in [0.717, 1.165) is 19.5 Å². The number of hydrogen-bond donors (Lipinski definition) is 1. The van der Waals surface area contributed by atoms with Gasteiger partial charge in [0.05, 0.1) is 6.54 Å². The topological polar surface area (TPSA) is 40.5 Å². The summed E-state index contributed by atoms with van der Waals surface area (Å²) in [6.07, 6.45) is 0.987. The number of fused-ring (bicyclic) bond motifs is 1. The molecule has 1 aliphatic rings. The van der Waals surface area contributed by atoms with Gasteiger partial charge in [0.1, 0.15) is 6.42 Å². The lowest BCUT2D eigenvalue weighted by molar-refractivity contribution is -0.135. The van der Waals surface area contributed by atoms with Gasteiger partial charge in [-0.15, -0.1) is 0 Å². The van der Waals surface area contributed by atoms with Crippen molar-refractivity contribution in [3.8, 4) is 11.8 Å². The second-order valence-corrected chi connectivity index (χ2v) is 4.15. The minimum Gasteiger partial charge on any atom is -0.481 e. The third kappa shape index (κ3) is 3.33. The van der Waals surface area contributed by atoms with E-state index in [4.69, 9.17) is 5.11 Å². The van der Waals surface area contributed by atoms with Crippen molar-refractivity contribution in [3.63, 3.8) is 0 Å². The highest BCUT2D eigenvalue weighted by molar-refractivity contribution is 5.69. The van der Waals surface area contributed by atoms with Crippen LogP contribution >= 0.6 is 0 Å². The first-order valence-electron chi connectivity index (χ1n) is 5.72. The van der Waals surface area contributed by atoms with Gasteiger partial charge in [0.2, 0.25) is 0 Å². The van der Waals surface area contributed by atoms with Crippen LogP contribution in [0.2, 0.25) is 0 Å². The fourth-order valence-electron chi connectivity index (χ4n) is 1.99. The summed E-state index contributed by atoms with van der Waals surface area (Å²) >= 11 is 0. The molecule has 0 aliphatic carbocycles. The second kappa shape index (κ2) is 5.51. The number of nitrogens with zero attached hydrogens (tertiary/aromatic N) is 1. The molecule has 0 fully saturated rings. The van der Waals surface area contributed by atoms with Gasteiger partial charge in [-0.3, -0.25) is 9.69 Å². The van der Waals surface area contributed by atoms with Gasteiger partial charge in [-0.05, 0) is 17.5 Å². The van der Waals surface area contributed by atoms with Crippen LogP contribution < -0.4 is 0 Å². The molecule has 1 aliphatic heterocycles. The molecule has 3 nitrogen and oxygen atoms in total. The van der Waals surface area contributed by atoms with Gasteiger partial charge in [0.25, 0.3) is 0 Å². The second-order valence-electron chi connectivity index (χ2n) is 4.15. The molecule has 1 heterocycles. The van der Waals surface area contributed by atoms with Gasteiger partial charge < -0.3 is 5.11 Å². The Morgan fingerprint density at radius 2 is 2.06 bits per heavy atom. The Labute approximate surface area is 101 Å². The van der Waals surface area contributed by atoms with Crippen molar-refractivity contribution in [3.05, 3.63) is 35.4 Å². The molecule has 0 bridgehead atoms. The summed E-state index contributed by atoms with van der Waals surface area (Å²) in [4.78, 5) is 12.5. The van der Waals surface area contributed by atoms with Crippen molar-refractivity contribution in [2.75, 3.05) is 13.1 Å². The van der Waals surface area contributed by atoms with Gasteiger partial charge in [-0.25, -0.2) is 0 Å². The largest absolute Gasteiger partial charge is 0.481 e. The maximum atomic E-state index is 10.3. The molecule has 0 saturated heterocycles. The van der Waals surface area contributed by atoms with Crippen LogP contribution in [0.4, 0.5) is 0 Å². The molecule has 0 radical (unpaired) electrons. The average molecular weight is 229 g/mol. The summed E-state index contributed by atoms with van der Waals surface area (Å²) in [7, 11) is 0. The quantitative estimate of drug-likeness (QED) is 0.782. The Bertz CT molecular complexity index is 471. The molecule has 0 saturated carbocycles. The number of carboxylic acid groups (broad SMARTS) is 1. The SMILES string of the molecule is O=C(O)CC#CCN1CCc2ccccc2C1. The molecule has 1 N–H and O–H groups in total. The monoisotopic (exact) mass is 229 g/mol. The first kappa shape index (κ1) is 11.7. The molecule has 0 aromatic heterocycles. The van der Waals surface area contributed by atoms with E-state index in [1.807, 2.05) is 0 Å². The van der Waals surface area contributed by atoms with Crippen LogP contribution in [0, 0.1) is 11.8 Å². The minimum absolute atomic E-state index is 0.0651. The Kier molecular flexibility index (Phi) is 3.79. The van der Waals surface area contributed by atoms with E-state index in [0.29, 0.717) is 6.54 Å². The van der Waals surface area contributed by atoms with Crippen molar-refractivity contribution in [1.29, 1.82) is 0 Å². The van der Waals surface area contributed by atoms with Gasteiger partial charge in [-0.1, -0.05) is 36.1 Å². The number of rotatable bonds is 2. The van der Waals surface area contributed by atoms with Crippen molar-refractivity contribution in [1.82, 2.24) is 4.90 Å². The summed E-state index contributed by atoms with van der Waals surface area (Å²) in [6.45, 7) is 2.57. The molecule has 3 heteroatoms.